The van der Waals surface area contributed by atoms with Crippen LogP contribution in [0.15, 0.2) is 18.3 Å². The monoisotopic (exact) mass is 277 g/mol. The zero-order valence-electron chi connectivity index (χ0n) is 11.5. The van der Waals surface area contributed by atoms with Crippen LogP contribution < -0.4 is 10.2 Å². The Hall–Kier alpha value is -2.11. The van der Waals surface area contributed by atoms with E-state index in [0.717, 1.165) is 25.9 Å². The van der Waals surface area contributed by atoms with Gasteiger partial charge in [0.25, 0.3) is 5.91 Å². The fraction of sp³-hybridized carbons (Fsp3) is 0.500. The lowest BCUT2D eigenvalue weighted by molar-refractivity contribution is -0.138. The fourth-order valence-corrected chi connectivity index (χ4v) is 2.27. The molecule has 1 aliphatic rings. The number of carbonyl (C=O) groups is 2. The molecule has 2 N–H and O–H groups in total. The van der Waals surface area contributed by atoms with E-state index >= 15 is 0 Å². The van der Waals surface area contributed by atoms with Crippen molar-refractivity contribution in [2.75, 3.05) is 18.0 Å². The van der Waals surface area contributed by atoms with Crippen LogP contribution in [0.1, 0.15) is 36.5 Å². The van der Waals surface area contributed by atoms with Crippen molar-refractivity contribution in [3.63, 3.8) is 0 Å². The number of rotatable bonds is 4. The minimum atomic E-state index is -1.05. The Balaban J connectivity index is 2.18. The molecule has 0 bridgehead atoms. The van der Waals surface area contributed by atoms with Crippen LogP contribution in [0.3, 0.4) is 0 Å². The van der Waals surface area contributed by atoms with Crippen molar-refractivity contribution in [2.24, 2.45) is 0 Å². The summed E-state index contributed by atoms with van der Waals surface area (Å²) in [5.74, 6) is -0.808. The minimum Gasteiger partial charge on any atom is -0.480 e. The quantitative estimate of drug-likeness (QED) is 0.866. The highest BCUT2D eigenvalue weighted by atomic mass is 16.4. The summed E-state index contributed by atoms with van der Waals surface area (Å²) in [6.07, 6.45) is 5.02. The number of aliphatic carboxylic acids is 1. The fourth-order valence-electron chi connectivity index (χ4n) is 2.27. The van der Waals surface area contributed by atoms with Gasteiger partial charge in [-0.3, -0.25) is 9.59 Å². The second-order valence-corrected chi connectivity index (χ2v) is 4.96. The molecular formula is C14H19N3O3. The zero-order chi connectivity index (χ0) is 14.5. The Morgan fingerprint density at radius 1 is 1.35 bits per heavy atom. The summed E-state index contributed by atoms with van der Waals surface area (Å²) in [4.78, 5) is 29.4. The molecule has 1 atom stereocenters. The third-order valence-corrected chi connectivity index (χ3v) is 3.40. The van der Waals surface area contributed by atoms with Gasteiger partial charge in [0.15, 0.2) is 0 Å². The molecule has 0 spiro atoms. The molecule has 0 radical (unpaired) electrons. The number of anilines is 1. The second kappa shape index (κ2) is 6.36. The SMILES string of the molecule is C[C@@H](NC(=O)c1cccnc1N1CCCCC1)C(=O)O. The Kier molecular flexibility index (Phi) is 4.55. The number of aromatic nitrogens is 1. The molecule has 1 amide bonds. The van der Waals surface area contributed by atoms with Gasteiger partial charge in [-0.05, 0) is 38.3 Å². The number of hydrogen-bond donors (Lipinski definition) is 2. The van der Waals surface area contributed by atoms with Crippen molar-refractivity contribution in [1.29, 1.82) is 0 Å². The number of nitrogens with one attached hydrogen (secondary N) is 1. The zero-order valence-corrected chi connectivity index (χ0v) is 11.5. The molecule has 1 aromatic heterocycles. The maximum absolute atomic E-state index is 12.2. The Morgan fingerprint density at radius 3 is 2.70 bits per heavy atom. The van der Waals surface area contributed by atoms with E-state index in [1.165, 1.54) is 13.3 Å². The molecule has 0 aromatic carbocycles. The molecule has 2 rings (SSSR count). The van der Waals surface area contributed by atoms with Crippen LogP contribution in [0.4, 0.5) is 5.82 Å². The first kappa shape index (κ1) is 14.3. The van der Waals surface area contributed by atoms with Crippen molar-refractivity contribution in [3.8, 4) is 0 Å². The maximum Gasteiger partial charge on any atom is 0.325 e. The number of carboxylic acids is 1. The number of carbonyl (C=O) groups excluding carboxylic acids is 1. The van der Waals surface area contributed by atoms with Crippen LogP contribution >= 0.6 is 0 Å². The highest BCUT2D eigenvalue weighted by Crippen LogP contribution is 2.21. The molecule has 1 saturated heterocycles. The lowest BCUT2D eigenvalue weighted by Gasteiger charge is -2.29. The Bertz CT molecular complexity index is 498. The van der Waals surface area contributed by atoms with E-state index in [-0.39, 0.29) is 0 Å². The smallest absolute Gasteiger partial charge is 0.325 e. The molecule has 0 aliphatic carbocycles. The van der Waals surface area contributed by atoms with Crippen molar-refractivity contribution in [2.45, 2.75) is 32.2 Å². The van der Waals surface area contributed by atoms with E-state index in [1.807, 2.05) is 0 Å². The summed E-state index contributed by atoms with van der Waals surface area (Å²) >= 11 is 0. The van der Waals surface area contributed by atoms with E-state index in [2.05, 4.69) is 15.2 Å². The number of amides is 1. The molecule has 6 nitrogen and oxygen atoms in total. The van der Waals surface area contributed by atoms with Crippen LogP contribution in [-0.4, -0.2) is 41.1 Å². The summed E-state index contributed by atoms with van der Waals surface area (Å²) in [5.41, 5.74) is 0.433. The standard InChI is InChI=1S/C14H19N3O3/c1-10(14(19)20)16-13(18)11-6-5-7-15-12(11)17-8-3-2-4-9-17/h5-7,10H,2-4,8-9H2,1H3,(H,16,18)(H,19,20)/t10-/m1/s1. The van der Waals surface area contributed by atoms with Gasteiger partial charge < -0.3 is 15.3 Å². The van der Waals surface area contributed by atoms with Gasteiger partial charge in [0, 0.05) is 19.3 Å². The maximum atomic E-state index is 12.2. The number of carboxylic acid groups (broad SMARTS) is 1. The number of pyridine rings is 1. The molecule has 0 saturated carbocycles. The van der Waals surface area contributed by atoms with Crippen LogP contribution in [0.2, 0.25) is 0 Å². The third-order valence-electron chi connectivity index (χ3n) is 3.40. The largest absolute Gasteiger partial charge is 0.480 e. The van der Waals surface area contributed by atoms with Crippen LogP contribution in [-0.2, 0) is 4.79 Å². The molecule has 0 unspecified atom stereocenters. The average molecular weight is 277 g/mol. The molecule has 108 valence electrons. The number of nitrogens with zero attached hydrogens (tertiary/aromatic N) is 2. The Labute approximate surface area is 117 Å². The van der Waals surface area contributed by atoms with Crippen molar-refractivity contribution in [3.05, 3.63) is 23.9 Å². The average Bonchev–Trinajstić information content (AvgIpc) is 2.48. The van der Waals surface area contributed by atoms with Crippen LogP contribution in [0, 0.1) is 0 Å². The van der Waals surface area contributed by atoms with Gasteiger partial charge >= 0.3 is 5.97 Å². The van der Waals surface area contributed by atoms with E-state index < -0.39 is 17.9 Å². The highest BCUT2D eigenvalue weighted by molar-refractivity contribution is 6.00. The van der Waals surface area contributed by atoms with Gasteiger partial charge in [0.05, 0.1) is 5.56 Å². The lowest BCUT2D eigenvalue weighted by Crippen LogP contribution is -2.40. The topological polar surface area (TPSA) is 82.5 Å². The highest BCUT2D eigenvalue weighted by Gasteiger charge is 2.22. The predicted molar refractivity (Wildman–Crippen MR) is 74.9 cm³/mol. The first-order valence-electron chi connectivity index (χ1n) is 6.83. The molecule has 2 heterocycles. The minimum absolute atomic E-state index is 0.395. The van der Waals surface area contributed by atoms with Crippen molar-refractivity contribution >= 4 is 17.7 Å². The molecule has 1 aromatic rings. The van der Waals surface area contributed by atoms with Gasteiger partial charge in [-0.1, -0.05) is 0 Å². The van der Waals surface area contributed by atoms with E-state index in [1.54, 1.807) is 18.3 Å². The van der Waals surface area contributed by atoms with E-state index in [4.69, 9.17) is 5.11 Å². The normalized spacial score (nSPS) is 16.6. The first-order chi connectivity index (χ1) is 9.59. The summed E-state index contributed by atoms with van der Waals surface area (Å²) in [6, 6.07) is 2.45. The molecule has 6 heteroatoms. The summed E-state index contributed by atoms with van der Waals surface area (Å²) in [6.45, 7) is 3.20. The van der Waals surface area contributed by atoms with E-state index in [0.29, 0.717) is 11.4 Å². The molecular weight excluding hydrogens is 258 g/mol. The van der Waals surface area contributed by atoms with E-state index in [9.17, 15) is 9.59 Å². The predicted octanol–water partition coefficient (Wildman–Crippen LogP) is 1.27. The second-order valence-electron chi connectivity index (χ2n) is 4.96. The van der Waals surface area contributed by atoms with Gasteiger partial charge in [-0.2, -0.15) is 0 Å². The van der Waals surface area contributed by atoms with Gasteiger partial charge in [0.2, 0.25) is 0 Å². The van der Waals surface area contributed by atoms with Crippen molar-refractivity contribution in [1.82, 2.24) is 10.3 Å². The molecule has 1 fully saturated rings. The first-order valence-corrected chi connectivity index (χ1v) is 6.83. The van der Waals surface area contributed by atoms with Crippen LogP contribution in [0.25, 0.3) is 0 Å². The molecule has 1 aliphatic heterocycles. The summed E-state index contributed by atoms with van der Waals surface area (Å²) in [5, 5.41) is 11.3. The van der Waals surface area contributed by atoms with Gasteiger partial charge in [-0.15, -0.1) is 0 Å². The molecule has 20 heavy (non-hydrogen) atoms. The summed E-state index contributed by atoms with van der Waals surface area (Å²) in [7, 11) is 0. The number of piperidine rings is 1. The van der Waals surface area contributed by atoms with Gasteiger partial charge in [0.1, 0.15) is 11.9 Å². The summed E-state index contributed by atoms with van der Waals surface area (Å²) < 4.78 is 0. The van der Waals surface area contributed by atoms with Crippen molar-refractivity contribution < 1.29 is 14.7 Å². The lowest BCUT2D eigenvalue weighted by atomic mass is 10.1. The number of hydrogen-bond acceptors (Lipinski definition) is 4. The van der Waals surface area contributed by atoms with Gasteiger partial charge in [-0.25, -0.2) is 4.98 Å². The Morgan fingerprint density at radius 2 is 2.05 bits per heavy atom. The third kappa shape index (κ3) is 3.26. The van der Waals surface area contributed by atoms with Crippen LogP contribution in [0.5, 0.6) is 0 Å².